The van der Waals surface area contributed by atoms with Gasteiger partial charge in [0.05, 0.1) is 0 Å². The minimum absolute atomic E-state index is 0.367. The highest BCUT2D eigenvalue weighted by atomic mass is 16.7. The second-order valence-corrected chi connectivity index (χ2v) is 4.79. The van der Waals surface area contributed by atoms with E-state index >= 15 is 0 Å². The Morgan fingerprint density at radius 3 is 2.50 bits per heavy atom. The Hall–Kier alpha value is -1.22. The normalized spacial score (nSPS) is 18.9. The van der Waals surface area contributed by atoms with Gasteiger partial charge in [-0.3, -0.25) is 4.90 Å². The van der Waals surface area contributed by atoms with Crippen LogP contribution in [0.2, 0.25) is 0 Å². The van der Waals surface area contributed by atoms with Crippen LogP contribution in [0, 0.1) is 0 Å². The molecule has 3 rings (SSSR count). The van der Waals surface area contributed by atoms with Crippen LogP contribution in [0.25, 0.3) is 0 Å². The van der Waals surface area contributed by atoms with Crippen LogP contribution >= 0.6 is 0 Å². The Labute approximate surface area is 96.0 Å². The summed E-state index contributed by atoms with van der Waals surface area (Å²) >= 11 is 0. The fourth-order valence-corrected chi connectivity index (χ4v) is 2.41. The first-order valence-electron chi connectivity index (χ1n) is 5.89. The number of hydrogen-bond acceptors (Lipinski definition) is 3. The molecule has 0 atom stereocenters. The van der Waals surface area contributed by atoms with Crippen LogP contribution in [-0.2, 0) is 13.0 Å². The van der Waals surface area contributed by atoms with Crippen molar-refractivity contribution in [2.45, 2.75) is 32.9 Å². The molecular weight excluding hydrogens is 202 g/mol. The van der Waals surface area contributed by atoms with Crippen LogP contribution < -0.4 is 9.47 Å². The van der Waals surface area contributed by atoms with Gasteiger partial charge in [-0.2, -0.15) is 0 Å². The van der Waals surface area contributed by atoms with E-state index in [4.69, 9.17) is 9.47 Å². The van der Waals surface area contributed by atoms with E-state index in [9.17, 15) is 0 Å². The first-order valence-corrected chi connectivity index (χ1v) is 5.89. The number of nitrogens with zero attached hydrogens (tertiary/aromatic N) is 1. The maximum Gasteiger partial charge on any atom is 0.231 e. The topological polar surface area (TPSA) is 21.7 Å². The number of hydrogen-bond donors (Lipinski definition) is 0. The molecule has 0 saturated heterocycles. The van der Waals surface area contributed by atoms with Crippen LogP contribution in [-0.4, -0.2) is 24.3 Å². The number of ether oxygens (including phenoxy) is 2. The molecule has 0 spiro atoms. The maximum absolute atomic E-state index is 5.42. The van der Waals surface area contributed by atoms with E-state index in [0.717, 1.165) is 31.0 Å². The maximum atomic E-state index is 5.42. The van der Waals surface area contributed by atoms with Crippen molar-refractivity contribution in [3.63, 3.8) is 0 Å². The zero-order valence-corrected chi connectivity index (χ0v) is 9.82. The van der Waals surface area contributed by atoms with Crippen molar-refractivity contribution in [2.24, 2.45) is 0 Å². The van der Waals surface area contributed by atoms with Gasteiger partial charge in [-0.25, -0.2) is 0 Å². The first kappa shape index (κ1) is 9.97. The second kappa shape index (κ2) is 3.67. The molecule has 16 heavy (non-hydrogen) atoms. The van der Waals surface area contributed by atoms with Gasteiger partial charge in [-0.1, -0.05) is 0 Å². The predicted octanol–water partition coefficient (Wildman–Crippen LogP) is 2.18. The molecule has 0 fully saturated rings. The van der Waals surface area contributed by atoms with Gasteiger partial charge in [-0.05, 0) is 43.5 Å². The van der Waals surface area contributed by atoms with Gasteiger partial charge >= 0.3 is 0 Å². The lowest BCUT2D eigenvalue weighted by Gasteiger charge is -2.31. The zero-order valence-electron chi connectivity index (χ0n) is 9.82. The Bertz CT molecular complexity index is 415. The highest BCUT2D eigenvalue weighted by Gasteiger charge is 2.22. The standard InChI is InChI=1S/C13H17NO2/c1-9(2)14-4-3-10-5-12-13(16-8-15-12)6-11(10)7-14/h5-6,9H,3-4,7-8H2,1-2H3. The monoisotopic (exact) mass is 219 g/mol. The minimum Gasteiger partial charge on any atom is -0.454 e. The number of benzene rings is 1. The van der Waals surface area contributed by atoms with Crippen molar-refractivity contribution in [2.75, 3.05) is 13.3 Å². The van der Waals surface area contributed by atoms with Gasteiger partial charge in [0.2, 0.25) is 6.79 Å². The van der Waals surface area contributed by atoms with E-state index in [1.807, 2.05) is 0 Å². The molecule has 2 aliphatic rings. The summed E-state index contributed by atoms with van der Waals surface area (Å²) in [7, 11) is 0. The van der Waals surface area contributed by atoms with Crippen molar-refractivity contribution in [3.05, 3.63) is 23.3 Å². The number of rotatable bonds is 1. The molecule has 1 aromatic rings. The quantitative estimate of drug-likeness (QED) is 0.722. The van der Waals surface area contributed by atoms with Gasteiger partial charge in [0.25, 0.3) is 0 Å². The zero-order chi connectivity index (χ0) is 11.1. The Morgan fingerprint density at radius 2 is 1.81 bits per heavy atom. The van der Waals surface area contributed by atoms with Crippen molar-refractivity contribution >= 4 is 0 Å². The van der Waals surface area contributed by atoms with E-state index in [2.05, 4.69) is 30.9 Å². The molecule has 2 heterocycles. The molecule has 3 nitrogen and oxygen atoms in total. The number of fused-ring (bicyclic) bond motifs is 2. The summed E-state index contributed by atoms with van der Waals surface area (Å²) in [6, 6.07) is 4.90. The van der Waals surface area contributed by atoms with Crippen LogP contribution in [0.5, 0.6) is 11.5 Å². The van der Waals surface area contributed by atoms with E-state index < -0.39 is 0 Å². The summed E-state index contributed by atoms with van der Waals surface area (Å²) in [4.78, 5) is 2.49. The molecule has 2 aliphatic heterocycles. The fraction of sp³-hybridized carbons (Fsp3) is 0.538. The predicted molar refractivity (Wildman–Crippen MR) is 61.8 cm³/mol. The summed E-state index contributed by atoms with van der Waals surface area (Å²) in [5.41, 5.74) is 2.81. The Morgan fingerprint density at radius 1 is 1.12 bits per heavy atom. The van der Waals surface area contributed by atoms with Crippen LogP contribution in [0.1, 0.15) is 25.0 Å². The molecule has 0 saturated carbocycles. The van der Waals surface area contributed by atoms with Crippen LogP contribution in [0.4, 0.5) is 0 Å². The largest absolute Gasteiger partial charge is 0.454 e. The average molecular weight is 219 g/mol. The lowest BCUT2D eigenvalue weighted by Crippen LogP contribution is -2.35. The SMILES string of the molecule is CC(C)N1CCc2cc3c(cc2C1)OCO3. The van der Waals surface area contributed by atoms with Gasteiger partial charge in [-0.15, -0.1) is 0 Å². The molecular formula is C13H17NO2. The Balaban J connectivity index is 1.93. The first-order chi connectivity index (χ1) is 7.74. The molecule has 0 aliphatic carbocycles. The minimum atomic E-state index is 0.367. The summed E-state index contributed by atoms with van der Waals surface area (Å²) < 4.78 is 10.8. The van der Waals surface area contributed by atoms with E-state index in [1.54, 1.807) is 0 Å². The van der Waals surface area contributed by atoms with Gasteiger partial charge in [0, 0.05) is 19.1 Å². The lowest BCUT2D eigenvalue weighted by atomic mass is 9.98. The van der Waals surface area contributed by atoms with Crippen molar-refractivity contribution in [1.29, 1.82) is 0 Å². The lowest BCUT2D eigenvalue weighted by molar-refractivity contribution is 0.174. The van der Waals surface area contributed by atoms with Crippen LogP contribution in [0.3, 0.4) is 0 Å². The van der Waals surface area contributed by atoms with E-state index in [-0.39, 0.29) is 0 Å². The molecule has 1 aromatic carbocycles. The fourth-order valence-electron chi connectivity index (χ4n) is 2.41. The van der Waals surface area contributed by atoms with E-state index in [1.165, 1.54) is 11.1 Å². The molecule has 3 heteroatoms. The van der Waals surface area contributed by atoms with Crippen LogP contribution in [0.15, 0.2) is 12.1 Å². The van der Waals surface area contributed by atoms with Gasteiger partial charge in [0.1, 0.15) is 0 Å². The van der Waals surface area contributed by atoms with E-state index in [0.29, 0.717) is 12.8 Å². The van der Waals surface area contributed by atoms with Gasteiger partial charge in [0.15, 0.2) is 11.5 Å². The highest BCUT2D eigenvalue weighted by molar-refractivity contribution is 5.49. The molecule has 86 valence electrons. The molecule has 0 amide bonds. The molecule has 0 bridgehead atoms. The van der Waals surface area contributed by atoms with Crippen molar-refractivity contribution in [1.82, 2.24) is 4.90 Å². The van der Waals surface area contributed by atoms with Gasteiger partial charge < -0.3 is 9.47 Å². The smallest absolute Gasteiger partial charge is 0.231 e. The molecule has 0 aromatic heterocycles. The summed E-state index contributed by atoms with van der Waals surface area (Å²) in [6.45, 7) is 7.04. The molecule has 0 unspecified atom stereocenters. The second-order valence-electron chi connectivity index (χ2n) is 4.79. The molecule has 0 radical (unpaired) electrons. The highest BCUT2D eigenvalue weighted by Crippen LogP contribution is 2.36. The van der Waals surface area contributed by atoms with Crippen molar-refractivity contribution in [3.8, 4) is 11.5 Å². The summed E-state index contributed by atoms with van der Waals surface area (Å²) in [5, 5.41) is 0. The Kier molecular flexibility index (Phi) is 2.28. The van der Waals surface area contributed by atoms with Crippen molar-refractivity contribution < 1.29 is 9.47 Å². The third-order valence-corrected chi connectivity index (χ3v) is 3.47. The summed E-state index contributed by atoms with van der Waals surface area (Å²) in [5.74, 6) is 1.82. The average Bonchev–Trinajstić information content (AvgIpc) is 2.71. The third-order valence-electron chi connectivity index (χ3n) is 3.47. The summed E-state index contributed by atoms with van der Waals surface area (Å²) in [6.07, 6.45) is 1.12. The third kappa shape index (κ3) is 1.55. The molecule has 0 N–H and O–H groups in total.